The molecule has 128 valence electrons. The second kappa shape index (κ2) is 9.06. The number of hydrogen-bond donors (Lipinski definition) is 1. The molecule has 0 radical (unpaired) electrons. The Morgan fingerprint density at radius 2 is 2.04 bits per heavy atom. The summed E-state index contributed by atoms with van der Waals surface area (Å²) in [6, 6.07) is 7.03. The smallest absolute Gasteiger partial charge is 0.335 e. The third-order valence-corrected chi connectivity index (χ3v) is 4.25. The minimum Gasteiger partial charge on any atom is -0.478 e. The fraction of sp³-hybridized carbons (Fsp3) is 0.400. The van der Waals surface area contributed by atoms with Crippen molar-refractivity contribution in [2.45, 2.75) is 45.1 Å². The molecule has 1 aliphatic heterocycles. The average Bonchev–Trinajstić information content (AvgIpc) is 2.93. The van der Waals surface area contributed by atoms with Crippen LogP contribution in [0.5, 0.6) is 0 Å². The molecule has 1 saturated heterocycles. The van der Waals surface area contributed by atoms with Gasteiger partial charge >= 0.3 is 5.97 Å². The topological polar surface area (TPSA) is 57.6 Å². The van der Waals surface area contributed by atoms with Crippen molar-refractivity contribution >= 4 is 11.9 Å². The Kier molecular flexibility index (Phi) is 6.79. The van der Waals surface area contributed by atoms with E-state index in [1.165, 1.54) is 0 Å². The molecule has 24 heavy (non-hydrogen) atoms. The first-order chi connectivity index (χ1) is 11.6. The lowest BCUT2D eigenvalue weighted by atomic mass is 10.1. The molecule has 4 heteroatoms. The molecule has 2 rings (SSSR count). The van der Waals surface area contributed by atoms with Crippen molar-refractivity contribution in [1.82, 2.24) is 4.90 Å². The van der Waals surface area contributed by atoms with E-state index in [0.29, 0.717) is 13.0 Å². The number of amides is 1. The lowest BCUT2D eigenvalue weighted by Crippen LogP contribution is -2.33. The van der Waals surface area contributed by atoms with Crippen molar-refractivity contribution < 1.29 is 14.7 Å². The Hall–Kier alpha value is -2.36. The SMILES string of the molecule is CCC/C=C/C=C\[C@H]1CCC(=O)N1CCc1ccc(C(=O)O)cc1. The minimum absolute atomic E-state index is 0.169. The number of unbranched alkanes of at least 4 members (excludes halogenated alkanes) is 1. The van der Waals surface area contributed by atoms with Crippen molar-refractivity contribution in [3.8, 4) is 0 Å². The Labute approximate surface area is 143 Å². The molecule has 0 spiro atoms. The van der Waals surface area contributed by atoms with Crippen LogP contribution < -0.4 is 0 Å². The second-order valence-electron chi connectivity index (χ2n) is 6.05. The number of aromatic carboxylic acids is 1. The van der Waals surface area contributed by atoms with E-state index >= 15 is 0 Å². The van der Waals surface area contributed by atoms with E-state index in [4.69, 9.17) is 5.11 Å². The molecule has 0 saturated carbocycles. The highest BCUT2D eigenvalue weighted by atomic mass is 16.4. The molecule has 1 amide bonds. The first-order valence-corrected chi connectivity index (χ1v) is 8.57. The number of likely N-dealkylation sites (tertiary alicyclic amines) is 1. The van der Waals surface area contributed by atoms with Gasteiger partial charge in [-0.1, -0.05) is 49.8 Å². The zero-order valence-electron chi connectivity index (χ0n) is 14.1. The van der Waals surface area contributed by atoms with Gasteiger partial charge in [0, 0.05) is 13.0 Å². The highest BCUT2D eigenvalue weighted by molar-refractivity contribution is 5.87. The van der Waals surface area contributed by atoms with Crippen LogP contribution in [0.15, 0.2) is 48.6 Å². The van der Waals surface area contributed by atoms with Crippen molar-refractivity contribution in [2.75, 3.05) is 6.54 Å². The van der Waals surface area contributed by atoms with E-state index in [0.717, 1.165) is 31.2 Å². The van der Waals surface area contributed by atoms with Gasteiger partial charge in [-0.3, -0.25) is 4.79 Å². The van der Waals surface area contributed by atoms with E-state index in [1.54, 1.807) is 12.1 Å². The van der Waals surface area contributed by atoms with Crippen molar-refractivity contribution in [3.05, 3.63) is 59.7 Å². The molecule has 1 fully saturated rings. The second-order valence-corrected chi connectivity index (χ2v) is 6.05. The van der Waals surface area contributed by atoms with Crippen LogP contribution >= 0.6 is 0 Å². The molecule has 1 atom stereocenters. The Morgan fingerprint density at radius 1 is 1.29 bits per heavy atom. The maximum Gasteiger partial charge on any atom is 0.335 e. The number of carboxylic acid groups (broad SMARTS) is 1. The number of hydrogen-bond acceptors (Lipinski definition) is 2. The van der Waals surface area contributed by atoms with Crippen molar-refractivity contribution in [1.29, 1.82) is 0 Å². The van der Waals surface area contributed by atoms with E-state index in [9.17, 15) is 9.59 Å². The highest BCUT2D eigenvalue weighted by Gasteiger charge is 2.28. The molecule has 1 N–H and O–H groups in total. The summed E-state index contributed by atoms with van der Waals surface area (Å²) in [4.78, 5) is 24.9. The van der Waals surface area contributed by atoms with Crippen molar-refractivity contribution in [2.24, 2.45) is 0 Å². The third-order valence-electron chi connectivity index (χ3n) is 4.25. The maximum atomic E-state index is 12.1. The molecular formula is C20H25NO3. The number of carbonyl (C=O) groups excluding carboxylic acids is 1. The van der Waals surface area contributed by atoms with Crippen LogP contribution in [-0.2, 0) is 11.2 Å². The summed E-state index contributed by atoms with van der Waals surface area (Å²) >= 11 is 0. The van der Waals surface area contributed by atoms with Gasteiger partial charge in [0.1, 0.15) is 0 Å². The van der Waals surface area contributed by atoms with Crippen LogP contribution in [0, 0.1) is 0 Å². The molecule has 0 bridgehead atoms. The van der Waals surface area contributed by atoms with E-state index in [1.807, 2.05) is 23.1 Å². The summed E-state index contributed by atoms with van der Waals surface area (Å²) in [7, 11) is 0. The predicted octanol–water partition coefficient (Wildman–Crippen LogP) is 3.83. The minimum atomic E-state index is -0.919. The standard InChI is InChI=1S/C20H25NO3/c1-2-3-4-5-6-7-18-12-13-19(22)21(18)15-14-16-8-10-17(11-9-16)20(23)24/h4-11,18H,2-3,12-15H2,1H3,(H,23,24)/b5-4+,7-6-/t18-/m0/s1. The molecule has 1 aliphatic rings. The van der Waals surface area contributed by atoms with Crippen LogP contribution in [0.2, 0.25) is 0 Å². The molecule has 1 heterocycles. The number of rotatable bonds is 8. The summed E-state index contributed by atoms with van der Waals surface area (Å²) in [5.41, 5.74) is 1.33. The lowest BCUT2D eigenvalue weighted by molar-refractivity contribution is -0.128. The molecule has 0 aromatic heterocycles. The molecule has 4 nitrogen and oxygen atoms in total. The van der Waals surface area contributed by atoms with Crippen LogP contribution in [-0.4, -0.2) is 34.5 Å². The number of carboxylic acids is 1. The molecule has 1 aromatic carbocycles. The molecular weight excluding hydrogens is 302 g/mol. The van der Waals surface area contributed by atoms with Gasteiger partial charge in [0.25, 0.3) is 0 Å². The van der Waals surface area contributed by atoms with Gasteiger partial charge in [-0.25, -0.2) is 4.79 Å². The monoisotopic (exact) mass is 327 g/mol. The highest BCUT2D eigenvalue weighted by Crippen LogP contribution is 2.20. The summed E-state index contributed by atoms with van der Waals surface area (Å²) in [5.74, 6) is -0.720. The van der Waals surface area contributed by atoms with Gasteiger partial charge in [-0.05, 0) is 37.0 Å². The van der Waals surface area contributed by atoms with Gasteiger partial charge < -0.3 is 10.0 Å². The molecule has 0 unspecified atom stereocenters. The lowest BCUT2D eigenvalue weighted by Gasteiger charge is -2.22. The van der Waals surface area contributed by atoms with Gasteiger partial charge in [-0.15, -0.1) is 0 Å². The number of nitrogens with zero attached hydrogens (tertiary/aromatic N) is 1. The van der Waals surface area contributed by atoms with Crippen LogP contribution in [0.25, 0.3) is 0 Å². The Bertz CT molecular complexity index is 616. The fourth-order valence-corrected chi connectivity index (χ4v) is 2.84. The third kappa shape index (κ3) is 5.08. The summed E-state index contributed by atoms with van der Waals surface area (Å²) in [5, 5.41) is 8.92. The van der Waals surface area contributed by atoms with Gasteiger partial charge in [-0.2, -0.15) is 0 Å². The number of benzene rings is 1. The molecule has 0 aliphatic carbocycles. The van der Waals surface area contributed by atoms with E-state index in [2.05, 4.69) is 25.2 Å². The summed E-state index contributed by atoms with van der Waals surface area (Å²) in [6.45, 7) is 2.81. The quantitative estimate of drug-likeness (QED) is 0.738. The molecule has 1 aromatic rings. The first-order valence-electron chi connectivity index (χ1n) is 8.57. The van der Waals surface area contributed by atoms with Crippen LogP contribution in [0.1, 0.15) is 48.5 Å². The Balaban J connectivity index is 1.91. The normalized spacial score (nSPS) is 18.1. The zero-order valence-corrected chi connectivity index (χ0v) is 14.1. The van der Waals surface area contributed by atoms with Crippen LogP contribution in [0.3, 0.4) is 0 Å². The van der Waals surface area contributed by atoms with Gasteiger partial charge in [0.15, 0.2) is 0 Å². The summed E-state index contributed by atoms with van der Waals surface area (Å²) in [6.07, 6.45) is 12.8. The fourth-order valence-electron chi connectivity index (χ4n) is 2.84. The van der Waals surface area contributed by atoms with E-state index in [-0.39, 0.29) is 17.5 Å². The largest absolute Gasteiger partial charge is 0.478 e. The Morgan fingerprint density at radius 3 is 2.71 bits per heavy atom. The van der Waals surface area contributed by atoms with Gasteiger partial charge in [0.2, 0.25) is 5.91 Å². The summed E-state index contributed by atoms with van der Waals surface area (Å²) < 4.78 is 0. The predicted molar refractivity (Wildman–Crippen MR) is 95.0 cm³/mol. The number of allylic oxidation sites excluding steroid dienone is 3. The first kappa shape index (κ1) is 18.0. The van der Waals surface area contributed by atoms with Crippen molar-refractivity contribution in [3.63, 3.8) is 0 Å². The van der Waals surface area contributed by atoms with Gasteiger partial charge in [0.05, 0.1) is 11.6 Å². The van der Waals surface area contributed by atoms with E-state index < -0.39 is 5.97 Å². The van der Waals surface area contributed by atoms with Crippen LogP contribution in [0.4, 0.5) is 0 Å². The average molecular weight is 327 g/mol. The maximum absolute atomic E-state index is 12.1. The zero-order chi connectivity index (χ0) is 17.4. The number of carbonyl (C=O) groups is 2.